The summed E-state index contributed by atoms with van der Waals surface area (Å²) in [5.74, 6) is 2.04. The van der Waals surface area contributed by atoms with Crippen LogP contribution in [-0.2, 0) is 11.2 Å². The maximum Gasteiger partial charge on any atom is 0.228 e. The Morgan fingerprint density at radius 3 is 2.59 bits per heavy atom. The molecule has 0 radical (unpaired) electrons. The number of aromatic nitrogens is 2. The van der Waals surface area contributed by atoms with Gasteiger partial charge in [0, 0.05) is 11.5 Å². The van der Waals surface area contributed by atoms with Crippen molar-refractivity contribution in [3.05, 3.63) is 36.2 Å². The van der Waals surface area contributed by atoms with Crippen molar-refractivity contribution in [3.63, 3.8) is 0 Å². The van der Waals surface area contributed by atoms with Gasteiger partial charge in [-0.15, -0.1) is 0 Å². The van der Waals surface area contributed by atoms with Crippen molar-refractivity contribution in [2.75, 3.05) is 12.4 Å². The van der Waals surface area contributed by atoms with Gasteiger partial charge in [-0.3, -0.25) is 4.79 Å². The van der Waals surface area contributed by atoms with Crippen LogP contribution in [0, 0.1) is 11.8 Å². The zero-order valence-corrected chi connectivity index (χ0v) is 16.5. The molecule has 0 spiro atoms. The molecule has 1 heterocycles. The lowest BCUT2D eigenvalue weighted by Gasteiger charge is -2.16. The van der Waals surface area contributed by atoms with E-state index in [0.29, 0.717) is 11.7 Å². The monoisotopic (exact) mass is 367 g/mol. The molecule has 5 nitrogen and oxygen atoms in total. The Balaban J connectivity index is 1.88. The third kappa shape index (κ3) is 4.85. The van der Waals surface area contributed by atoms with E-state index in [1.54, 1.807) is 13.3 Å². The quantitative estimate of drug-likeness (QED) is 0.758. The molecule has 1 fully saturated rings. The fourth-order valence-corrected chi connectivity index (χ4v) is 3.49. The zero-order chi connectivity index (χ0) is 19.2. The Morgan fingerprint density at radius 2 is 1.96 bits per heavy atom. The standard InChI is InChI=1S/C22H29N3O2/c1-4-15(2)22(26)25-21-19(13-16-7-5-6-8-16)24-20(14-23-21)17-9-11-18(27-3)12-10-17/h9-12,14-16H,4-8,13H2,1-3H3,(H,23,25,26). The topological polar surface area (TPSA) is 64.1 Å². The minimum atomic E-state index is -0.0348. The Labute approximate surface area is 161 Å². The molecule has 3 rings (SSSR count). The highest BCUT2D eigenvalue weighted by molar-refractivity contribution is 5.91. The van der Waals surface area contributed by atoms with Crippen LogP contribution >= 0.6 is 0 Å². The number of nitrogens with zero attached hydrogens (tertiary/aromatic N) is 2. The summed E-state index contributed by atoms with van der Waals surface area (Å²) in [4.78, 5) is 21.8. The van der Waals surface area contributed by atoms with Crippen molar-refractivity contribution in [3.8, 4) is 17.0 Å². The summed E-state index contributed by atoms with van der Waals surface area (Å²) < 4.78 is 5.23. The first-order valence-corrected chi connectivity index (χ1v) is 9.92. The predicted octanol–water partition coefficient (Wildman–Crippen LogP) is 4.87. The van der Waals surface area contributed by atoms with E-state index in [9.17, 15) is 4.79 Å². The summed E-state index contributed by atoms with van der Waals surface area (Å²) >= 11 is 0. The van der Waals surface area contributed by atoms with Gasteiger partial charge < -0.3 is 10.1 Å². The van der Waals surface area contributed by atoms with Gasteiger partial charge in [-0.2, -0.15) is 0 Å². The number of hydrogen-bond donors (Lipinski definition) is 1. The summed E-state index contributed by atoms with van der Waals surface area (Å²) in [6.45, 7) is 3.95. The van der Waals surface area contributed by atoms with Crippen LogP contribution in [0.25, 0.3) is 11.3 Å². The Kier molecular flexibility index (Phi) is 6.43. The maximum absolute atomic E-state index is 12.4. The third-order valence-electron chi connectivity index (χ3n) is 5.49. The van der Waals surface area contributed by atoms with Crippen molar-refractivity contribution in [2.24, 2.45) is 11.8 Å². The van der Waals surface area contributed by atoms with Crippen molar-refractivity contribution >= 4 is 11.7 Å². The van der Waals surface area contributed by atoms with Crippen LogP contribution in [0.4, 0.5) is 5.82 Å². The lowest BCUT2D eigenvalue weighted by Crippen LogP contribution is -2.22. The highest BCUT2D eigenvalue weighted by atomic mass is 16.5. The molecule has 1 aromatic heterocycles. The van der Waals surface area contributed by atoms with Crippen molar-refractivity contribution in [1.82, 2.24) is 9.97 Å². The molecular weight excluding hydrogens is 338 g/mol. The molecule has 1 atom stereocenters. The molecule has 0 aliphatic heterocycles. The summed E-state index contributed by atoms with van der Waals surface area (Å²) in [5.41, 5.74) is 2.72. The average molecular weight is 367 g/mol. The highest BCUT2D eigenvalue weighted by Crippen LogP contribution is 2.30. The lowest BCUT2D eigenvalue weighted by atomic mass is 10.0. The van der Waals surface area contributed by atoms with Crippen LogP contribution in [0.5, 0.6) is 5.75 Å². The second-order valence-electron chi connectivity index (χ2n) is 7.43. The second-order valence-corrected chi connectivity index (χ2v) is 7.43. The van der Waals surface area contributed by atoms with E-state index in [1.165, 1.54) is 25.7 Å². The first kappa shape index (κ1) is 19.3. The number of methoxy groups -OCH3 is 1. The number of ether oxygens (including phenoxy) is 1. The van der Waals surface area contributed by atoms with E-state index in [4.69, 9.17) is 9.72 Å². The molecule has 5 heteroatoms. The van der Waals surface area contributed by atoms with E-state index in [-0.39, 0.29) is 11.8 Å². The van der Waals surface area contributed by atoms with Crippen LogP contribution < -0.4 is 10.1 Å². The van der Waals surface area contributed by atoms with Gasteiger partial charge in [0.25, 0.3) is 0 Å². The molecule has 0 saturated heterocycles. The highest BCUT2D eigenvalue weighted by Gasteiger charge is 2.21. The van der Waals surface area contributed by atoms with Gasteiger partial charge in [-0.05, 0) is 43.0 Å². The maximum atomic E-state index is 12.4. The number of amides is 1. The predicted molar refractivity (Wildman–Crippen MR) is 108 cm³/mol. The molecule has 2 aromatic rings. The van der Waals surface area contributed by atoms with Crippen LogP contribution in [0.3, 0.4) is 0 Å². The van der Waals surface area contributed by atoms with Crippen LogP contribution in [-0.4, -0.2) is 23.0 Å². The SMILES string of the molecule is CCC(C)C(=O)Nc1ncc(-c2ccc(OC)cc2)nc1CC1CCCC1. The molecule has 27 heavy (non-hydrogen) atoms. The van der Waals surface area contributed by atoms with Crippen LogP contribution in [0.15, 0.2) is 30.5 Å². The van der Waals surface area contributed by atoms with E-state index in [0.717, 1.165) is 35.5 Å². The van der Waals surface area contributed by atoms with Gasteiger partial charge in [0.15, 0.2) is 5.82 Å². The molecule has 1 unspecified atom stereocenters. The van der Waals surface area contributed by atoms with E-state index < -0.39 is 0 Å². The number of hydrogen-bond acceptors (Lipinski definition) is 4. The molecule has 1 aliphatic carbocycles. The van der Waals surface area contributed by atoms with Crippen LogP contribution in [0.2, 0.25) is 0 Å². The third-order valence-corrected chi connectivity index (χ3v) is 5.49. The minimum Gasteiger partial charge on any atom is -0.497 e. The Hall–Kier alpha value is -2.43. The molecule has 1 saturated carbocycles. The van der Waals surface area contributed by atoms with E-state index in [1.807, 2.05) is 38.1 Å². The number of anilines is 1. The zero-order valence-electron chi connectivity index (χ0n) is 16.5. The lowest BCUT2D eigenvalue weighted by molar-refractivity contribution is -0.119. The molecule has 1 N–H and O–H groups in total. The molecule has 1 aromatic carbocycles. The number of benzene rings is 1. The fraction of sp³-hybridized carbons (Fsp3) is 0.500. The Bertz CT molecular complexity index is 768. The van der Waals surface area contributed by atoms with Crippen molar-refractivity contribution in [1.29, 1.82) is 0 Å². The minimum absolute atomic E-state index is 0.0108. The summed E-state index contributed by atoms with van der Waals surface area (Å²) in [7, 11) is 1.66. The molecule has 144 valence electrons. The number of nitrogens with one attached hydrogen (secondary N) is 1. The second kappa shape index (κ2) is 8.98. The van der Waals surface area contributed by atoms with Gasteiger partial charge in [-0.25, -0.2) is 9.97 Å². The van der Waals surface area contributed by atoms with Gasteiger partial charge in [0.2, 0.25) is 5.91 Å². The van der Waals surface area contributed by atoms with Gasteiger partial charge in [0.05, 0.1) is 24.7 Å². The molecule has 1 amide bonds. The molecule has 1 aliphatic rings. The van der Waals surface area contributed by atoms with Crippen molar-refractivity contribution in [2.45, 2.75) is 52.4 Å². The number of carbonyl (C=O) groups is 1. The normalized spacial score (nSPS) is 15.5. The van der Waals surface area contributed by atoms with Crippen LogP contribution in [0.1, 0.15) is 51.6 Å². The summed E-state index contributed by atoms with van der Waals surface area (Å²) in [6, 6.07) is 7.82. The van der Waals surface area contributed by atoms with Gasteiger partial charge >= 0.3 is 0 Å². The van der Waals surface area contributed by atoms with E-state index in [2.05, 4.69) is 10.3 Å². The molecule has 0 bridgehead atoms. The van der Waals surface area contributed by atoms with Crippen molar-refractivity contribution < 1.29 is 9.53 Å². The summed E-state index contributed by atoms with van der Waals surface area (Å²) in [6.07, 6.45) is 8.44. The first-order chi connectivity index (χ1) is 13.1. The fourth-order valence-electron chi connectivity index (χ4n) is 3.49. The van der Waals surface area contributed by atoms with Gasteiger partial charge in [-0.1, -0.05) is 39.5 Å². The van der Waals surface area contributed by atoms with E-state index >= 15 is 0 Å². The Morgan fingerprint density at radius 1 is 1.26 bits per heavy atom. The first-order valence-electron chi connectivity index (χ1n) is 9.92. The number of carbonyl (C=O) groups excluding carboxylic acids is 1. The number of rotatable bonds is 7. The molecular formula is C22H29N3O2. The average Bonchev–Trinajstić information content (AvgIpc) is 3.21. The summed E-state index contributed by atoms with van der Waals surface area (Å²) in [5, 5.41) is 3.00. The van der Waals surface area contributed by atoms with Gasteiger partial charge in [0.1, 0.15) is 5.75 Å². The largest absolute Gasteiger partial charge is 0.497 e. The smallest absolute Gasteiger partial charge is 0.228 e.